The van der Waals surface area contributed by atoms with Crippen molar-refractivity contribution < 1.29 is 4.42 Å². The van der Waals surface area contributed by atoms with Gasteiger partial charge in [0.05, 0.1) is 0 Å². The molecule has 2 aliphatic rings. The fraction of sp³-hybridized carbons (Fsp3) is 0.714. The van der Waals surface area contributed by atoms with Gasteiger partial charge in [-0.1, -0.05) is 20.8 Å². The molecule has 3 atom stereocenters. The van der Waals surface area contributed by atoms with E-state index in [1.807, 2.05) is 0 Å². The van der Waals surface area contributed by atoms with Crippen LogP contribution in [0.15, 0.2) is 16.5 Å². The molecule has 3 rings (SSSR count). The summed E-state index contributed by atoms with van der Waals surface area (Å²) < 4.78 is 6.05. The molecule has 0 amide bonds. The van der Waals surface area contributed by atoms with Crippen molar-refractivity contribution in [2.75, 3.05) is 6.54 Å². The van der Waals surface area contributed by atoms with Crippen molar-refractivity contribution in [2.45, 2.75) is 44.9 Å². The van der Waals surface area contributed by atoms with E-state index in [2.05, 4.69) is 32.9 Å². The second-order valence-electron chi connectivity index (χ2n) is 6.37. The molecule has 2 nitrogen and oxygen atoms in total. The molecular formula is C14H21NO. The van der Waals surface area contributed by atoms with E-state index in [4.69, 9.17) is 10.2 Å². The highest BCUT2D eigenvalue weighted by Gasteiger charge is 2.63. The Morgan fingerprint density at radius 3 is 2.50 bits per heavy atom. The van der Waals surface area contributed by atoms with E-state index in [1.54, 1.807) is 0 Å². The summed E-state index contributed by atoms with van der Waals surface area (Å²) in [6.07, 6.45) is 2.44. The third kappa shape index (κ3) is 1.22. The molecule has 1 aromatic rings. The third-order valence-corrected chi connectivity index (χ3v) is 4.84. The standard InChI is InChI=1S/C14H21NO/c1-9-6-10(9)11-4-5-12(16-11)14(8-15)7-13(14,2)3/h4-5,9-10H,6-8,15H2,1-3H3. The number of furan rings is 1. The van der Waals surface area contributed by atoms with E-state index < -0.39 is 0 Å². The molecule has 2 fully saturated rings. The summed E-state index contributed by atoms with van der Waals surface area (Å²) >= 11 is 0. The van der Waals surface area contributed by atoms with Crippen molar-refractivity contribution in [3.63, 3.8) is 0 Å². The summed E-state index contributed by atoms with van der Waals surface area (Å²) in [5.74, 6) is 3.78. The zero-order chi connectivity index (χ0) is 11.6. The van der Waals surface area contributed by atoms with Crippen molar-refractivity contribution in [2.24, 2.45) is 17.1 Å². The molecule has 16 heavy (non-hydrogen) atoms. The molecule has 1 heterocycles. The molecule has 0 radical (unpaired) electrons. The van der Waals surface area contributed by atoms with E-state index in [1.165, 1.54) is 12.2 Å². The Bertz CT molecular complexity index is 420. The Hall–Kier alpha value is -0.760. The Morgan fingerprint density at radius 2 is 2.06 bits per heavy atom. The first-order chi connectivity index (χ1) is 7.50. The fourth-order valence-electron chi connectivity index (χ4n) is 3.11. The second-order valence-corrected chi connectivity index (χ2v) is 6.37. The van der Waals surface area contributed by atoms with Crippen LogP contribution >= 0.6 is 0 Å². The minimum atomic E-state index is 0.114. The van der Waals surface area contributed by atoms with Gasteiger partial charge in [0.1, 0.15) is 11.5 Å². The van der Waals surface area contributed by atoms with Crippen LogP contribution in [0.1, 0.15) is 51.1 Å². The Morgan fingerprint density at radius 1 is 1.44 bits per heavy atom. The highest BCUT2D eigenvalue weighted by molar-refractivity contribution is 5.33. The van der Waals surface area contributed by atoms with Crippen molar-refractivity contribution in [1.82, 2.24) is 0 Å². The summed E-state index contributed by atoms with van der Waals surface area (Å²) in [7, 11) is 0. The maximum Gasteiger partial charge on any atom is 0.112 e. The molecule has 0 bridgehead atoms. The second kappa shape index (κ2) is 2.92. The number of hydrogen-bond donors (Lipinski definition) is 1. The van der Waals surface area contributed by atoms with Crippen LogP contribution in [0.3, 0.4) is 0 Å². The lowest BCUT2D eigenvalue weighted by Gasteiger charge is -2.15. The van der Waals surface area contributed by atoms with Gasteiger partial charge in [0, 0.05) is 17.9 Å². The molecule has 2 saturated carbocycles. The van der Waals surface area contributed by atoms with Gasteiger partial charge in [-0.2, -0.15) is 0 Å². The summed E-state index contributed by atoms with van der Waals surface area (Å²) in [5, 5.41) is 0. The molecule has 0 aliphatic heterocycles. The van der Waals surface area contributed by atoms with Gasteiger partial charge in [-0.15, -0.1) is 0 Å². The minimum Gasteiger partial charge on any atom is -0.465 e. The SMILES string of the molecule is CC1CC1c1ccc(C2(CN)CC2(C)C)o1. The van der Waals surface area contributed by atoms with Crippen LogP contribution in [0.25, 0.3) is 0 Å². The molecule has 0 saturated heterocycles. The van der Waals surface area contributed by atoms with E-state index in [0.717, 1.165) is 18.1 Å². The van der Waals surface area contributed by atoms with Gasteiger partial charge in [0.2, 0.25) is 0 Å². The number of hydrogen-bond acceptors (Lipinski definition) is 2. The molecule has 0 aromatic carbocycles. The quantitative estimate of drug-likeness (QED) is 0.848. The number of rotatable bonds is 3. The lowest BCUT2D eigenvalue weighted by molar-refractivity contribution is 0.378. The Labute approximate surface area is 97.2 Å². The molecule has 2 heteroatoms. The first-order valence-corrected chi connectivity index (χ1v) is 6.30. The average molecular weight is 219 g/mol. The van der Waals surface area contributed by atoms with Gasteiger partial charge < -0.3 is 10.2 Å². The molecule has 2 N–H and O–H groups in total. The predicted molar refractivity (Wildman–Crippen MR) is 64.4 cm³/mol. The molecular weight excluding hydrogens is 198 g/mol. The van der Waals surface area contributed by atoms with E-state index in [-0.39, 0.29) is 5.41 Å². The first-order valence-electron chi connectivity index (χ1n) is 6.30. The average Bonchev–Trinajstić information content (AvgIpc) is 3.00. The van der Waals surface area contributed by atoms with Crippen molar-refractivity contribution in [3.8, 4) is 0 Å². The Kier molecular flexibility index (Phi) is 1.90. The maximum absolute atomic E-state index is 6.05. The van der Waals surface area contributed by atoms with Gasteiger partial charge >= 0.3 is 0 Å². The fourth-order valence-corrected chi connectivity index (χ4v) is 3.11. The van der Waals surface area contributed by atoms with Crippen LogP contribution in [-0.4, -0.2) is 6.54 Å². The van der Waals surface area contributed by atoms with Crippen LogP contribution in [0.4, 0.5) is 0 Å². The largest absolute Gasteiger partial charge is 0.465 e. The topological polar surface area (TPSA) is 39.2 Å². The highest BCUT2D eigenvalue weighted by atomic mass is 16.3. The van der Waals surface area contributed by atoms with E-state index >= 15 is 0 Å². The molecule has 2 aliphatic carbocycles. The summed E-state index contributed by atoms with van der Waals surface area (Å²) in [5.41, 5.74) is 6.37. The van der Waals surface area contributed by atoms with E-state index in [9.17, 15) is 0 Å². The molecule has 1 aromatic heterocycles. The maximum atomic E-state index is 6.05. The van der Waals surface area contributed by atoms with Crippen LogP contribution in [0.5, 0.6) is 0 Å². The Balaban J connectivity index is 1.88. The predicted octanol–water partition coefficient (Wildman–Crippen LogP) is 3.03. The molecule has 88 valence electrons. The normalized spacial score (nSPS) is 39.8. The van der Waals surface area contributed by atoms with Crippen molar-refractivity contribution in [3.05, 3.63) is 23.7 Å². The zero-order valence-electron chi connectivity index (χ0n) is 10.4. The van der Waals surface area contributed by atoms with Crippen LogP contribution < -0.4 is 5.73 Å². The van der Waals surface area contributed by atoms with Crippen LogP contribution in [-0.2, 0) is 5.41 Å². The molecule has 3 unspecified atom stereocenters. The zero-order valence-corrected chi connectivity index (χ0v) is 10.4. The lowest BCUT2D eigenvalue weighted by atomic mass is 9.93. The van der Waals surface area contributed by atoms with Gasteiger partial charge in [0.25, 0.3) is 0 Å². The smallest absolute Gasteiger partial charge is 0.112 e. The van der Waals surface area contributed by atoms with Crippen LogP contribution in [0.2, 0.25) is 0 Å². The summed E-state index contributed by atoms with van der Waals surface area (Å²) in [6, 6.07) is 4.32. The number of nitrogens with two attached hydrogens (primary N) is 1. The minimum absolute atomic E-state index is 0.114. The van der Waals surface area contributed by atoms with Crippen LogP contribution in [0, 0.1) is 11.3 Å². The molecule has 0 spiro atoms. The monoisotopic (exact) mass is 219 g/mol. The summed E-state index contributed by atoms with van der Waals surface area (Å²) in [6.45, 7) is 7.55. The van der Waals surface area contributed by atoms with E-state index in [0.29, 0.717) is 17.9 Å². The van der Waals surface area contributed by atoms with Gasteiger partial charge in [0.15, 0.2) is 0 Å². The first kappa shape index (κ1) is 10.4. The van der Waals surface area contributed by atoms with Gasteiger partial charge in [-0.25, -0.2) is 0 Å². The van der Waals surface area contributed by atoms with Gasteiger partial charge in [-0.3, -0.25) is 0 Å². The van der Waals surface area contributed by atoms with Crippen molar-refractivity contribution >= 4 is 0 Å². The lowest BCUT2D eigenvalue weighted by Crippen LogP contribution is -2.24. The van der Waals surface area contributed by atoms with Gasteiger partial charge in [-0.05, 0) is 36.3 Å². The summed E-state index contributed by atoms with van der Waals surface area (Å²) in [4.78, 5) is 0. The van der Waals surface area contributed by atoms with Crippen molar-refractivity contribution in [1.29, 1.82) is 0 Å². The third-order valence-electron chi connectivity index (χ3n) is 4.84. The highest BCUT2D eigenvalue weighted by Crippen LogP contribution is 2.64.